The van der Waals surface area contributed by atoms with Gasteiger partial charge in [0.2, 0.25) is 0 Å². The van der Waals surface area contributed by atoms with Gasteiger partial charge in [-0.1, -0.05) is 47.1 Å². The molecule has 2 rings (SSSR count). The summed E-state index contributed by atoms with van der Waals surface area (Å²) in [7, 11) is 0. The standard InChI is InChI=1S/C14H15ClN4O2/c1-14(2,19-9-11(15)8-17-19)13(20)21-18-12(16)10-6-4-3-5-7-10/h3-9H,1-2H3,(H2,16,18). The number of nitrogens with zero attached hydrogens (tertiary/aromatic N) is 3. The average molecular weight is 307 g/mol. The Balaban J connectivity index is 2.11. The minimum Gasteiger partial charge on any atom is -0.380 e. The van der Waals surface area contributed by atoms with Gasteiger partial charge in [0.1, 0.15) is 0 Å². The summed E-state index contributed by atoms with van der Waals surface area (Å²) < 4.78 is 1.41. The van der Waals surface area contributed by atoms with E-state index < -0.39 is 11.5 Å². The second-order valence-corrected chi connectivity index (χ2v) is 5.32. The lowest BCUT2D eigenvalue weighted by atomic mass is 10.1. The number of oxime groups is 1. The first-order valence-corrected chi connectivity index (χ1v) is 6.60. The zero-order valence-corrected chi connectivity index (χ0v) is 12.4. The lowest BCUT2D eigenvalue weighted by Crippen LogP contribution is -2.37. The second-order valence-electron chi connectivity index (χ2n) is 4.88. The van der Waals surface area contributed by atoms with Crippen molar-refractivity contribution in [3.63, 3.8) is 0 Å². The molecule has 0 saturated carbocycles. The monoisotopic (exact) mass is 306 g/mol. The number of rotatable bonds is 4. The Labute approximate surface area is 127 Å². The van der Waals surface area contributed by atoms with E-state index in [1.54, 1.807) is 26.0 Å². The topological polar surface area (TPSA) is 82.5 Å². The van der Waals surface area contributed by atoms with E-state index in [1.807, 2.05) is 18.2 Å². The normalized spacial score (nSPS) is 12.2. The van der Waals surface area contributed by atoms with Crippen LogP contribution in [0.15, 0.2) is 47.9 Å². The summed E-state index contributed by atoms with van der Waals surface area (Å²) in [6.45, 7) is 3.29. The van der Waals surface area contributed by atoms with E-state index in [2.05, 4.69) is 10.3 Å². The molecule has 0 radical (unpaired) electrons. The maximum atomic E-state index is 12.1. The van der Waals surface area contributed by atoms with E-state index in [0.29, 0.717) is 10.6 Å². The molecule has 0 unspecified atom stereocenters. The molecule has 0 amide bonds. The largest absolute Gasteiger partial charge is 0.380 e. The van der Waals surface area contributed by atoms with Gasteiger partial charge in [-0.2, -0.15) is 5.10 Å². The minimum absolute atomic E-state index is 0.123. The number of hydrogen-bond donors (Lipinski definition) is 1. The number of nitrogens with two attached hydrogens (primary N) is 1. The first kappa shape index (κ1) is 15.1. The van der Waals surface area contributed by atoms with Crippen molar-refractivity contribution < 1.29 is 9.63 Å². The highest BCUT2D eigenvalue weighted by atomic mass is 35.5. The number of hydrogen-bond acceptors (Lipinski definition) is 4. The van der Waals surface area contributed by atoms with Crippen LogP contribution in [0.2, 0.25) is 5.02 Å². The van der Waals surface area contributed by atoms with Crippen LogP contribution >= 0.6 is 11.6 Å². The summed E-state index contributed by atoms with van der Waals surface area (Å²) in [5.74, 6) is -0.473. The highest BCUT2D eigenvalue weighted by Crippen LogP contribution is 2.19. The van der Waals surface area contributed by atoms with E-state index >= 15 is 0 Å². The molecule has 7 heteroatoms. The molecule has 1 aromatic heterocycles. The van der Waals surface area contributed by atoms with Crippen molar-refractivity contribution in [2.24, 2.45) is 10.9 Å². The number of halogens is 1. The molecule has 0 saturated heterocycles. The van der Waals surface area contributed by atoms with Crippen molar-refractivity contribution in [3.8, 4) is 0 Å². The Morgan fingerprint density at radius 1 is 1.38 bits per heavy atom. The maximum absolute atomic E-state index is 12.1. The van der Waals surface area contributed by atoms with Gasteiger partial charge in [0, 0.05) is 11.8 Å². The molecule has 2 N–H and O–H groups in total. The predicted molar refractivity (Wildman–Crippen MR) is 79.8 cm³/mol. The lowest BCUT2D eigenvalue weighted by molar-refractivity contribution is -0.153. The third-order valence-electron chi connectivity index (χ3n) is 2.92. The Morgan fingerprint density at radius 3 is 2.62 bits per heavy atom. The van der Waals surface area contributed by atoms with Crippen LogP contribution in [-0.4, -0.2) is 21.6 Å². The van der Waals surface area contributed by atoms with Gasteiger partial charge < -0.3 is 10.6 Å². The first-order valence-electron chi connectivity index (χ1n) is 6.22. The smallest absolute Gasteiger partial charge is 0.361 e. The van der Waals surface area contributed by atoms with Gasteiger partial charge in [-0.3, -0.25) is 4.68 Å². The molecule has 2 aromatic rings. The summed E-state index contributed by atoms with van der Waals surface area (Å²) >= 11 is 5.80. The quantitative estimate of drug-likeness (QED) is 0.406. The average Bonchev–Trinajstić information content (AvgIpc) is 2.92. The number of carbonyl (C=O) groups excluding carboxylic acids is 1. The summed E-state index contributed by atoms with van der Waals surface area (Å²) in [4.78, 5) is 17.0. The fraction of sp³-hybridized carbons (Fsp3) is 0.214. The molecule has 0 aliphatic carbocycles. The fourth-order valence-corrected chi connectivity index (χ4v) is 1.70. The molecule has 1 heterocycles. The Kier molecular flexibility index (Phi) is 4.28. The van der Waals surface area contributed by atoms with E-state index in [9.17, 15) is 4.79 Å². The molecule has 6 nitrogen and oxygen atoms in total. The summed E-state index contributed by atoms with van der Waals surface area (Å²) in [5.41, 5.74) is 5.38. The third kappa shape index (κ3) is 3.41. The maximum Gasteiger partial charge on any atom is 0.361 e. The van der Waals surface area contributed by atoms with Gasteiger partial charge in [0.25, 0.3) is 0 Å². The molecule has 21 heavy (non-hydrogen) atoms. The van der Waals surface area contributed by atoms with Gasteiger partial charge in [-0.25, -0.2) is 4.79 Å². The molecular weight excluding hydrogens is 292 g/mol. The van der Waals surface area contributed by atoms with Gasteiger partial charge >= 0.3 is 5.97 Å². The van der Waals surface area contributed by atoms with Gasteiger partial charge in [0.05, 0.1) is 11.2 Å². The molecule has 0 fully saturated rings. The number of benzene rings is 1. The number of amidine groups is 1. The van der Waals surface area contributed by atoms with Crippen LogP contribution in [0.4, 0.5) is 0 Å². The summed E-state index contributed by atoms with van der Waals surface area (Å²) in [5, 5.41) is 8.10. The van der Waals surface area contributed by atoms with Crippen molar-refractivity contribution in [2.75, 3.05) is 0 Å². The van der Waals surface area contributed by atoms with Crippen molar-refractivity contribution >= 4 is 23.4 Å². The SMILES string of the molecule is CC(C)(C(=O)O/N=C(\N)c1ccccc1)n1cc(Cl)cn1. The number of carbonyl (C=O) groups is 1. The highest BCUT2D eigenvalue weighted by Gasteiger charge is 2.33. The zero-order valence-electron chi connectivity index (χ0n) is 11.7. The Hall–Kier alpha value is -2.34. The minimum atomic E-state index is -1.05. The summed E-state index contributed by atoms with van der Waals surface area (Å²) in [6, 6.07) is 9.02. The molecule has 0 spiro atoms. The number of aromatic nitrogens is 2. The van der Waals surface area contributed by atoms with Gasteiger partial charge in [-0.05, 0) is 13.8 Å². The Morgan fingerprint density at radius 2 is 2.05 bits per heavy atom. The van der Waals surface area contributed by atoms with Crippen LogP contribution in [-0.2, 0) is 15.2 Å². The molecular formula is C14H15ClN4O2. The lowest BCUT2D eigenvalue weighted by Gasteiger charge is -2.21. The van der Waals surface area contributed by atoms with Crippen molar-refractivity contribution in [1.29, 1.82) is 0 Å². The van der Waals surface area contributed by atoms with E-state index in [-0.39, 0.29) is 5.84 Å². The van der Waals surface area contributed by atoms with Crippen molar-refractivity contribution in [3.05, 3.63) is 53.3 Å². The molecule has 110 valence electrons. The predicted octanol–water partition coefficient (Wildman–Crippen LogP) is 2.14. The summed E-state index contributed by atoms with van der Waals surface area (Å²) in [6.07, 6.45) is 2.98. The van der Waals surface area contributed by atoms with Crippen LogP contribution in [0.25, 0.3) is 0 Å². The molecule has 0 aliphatic heterocycles. The van der Waals surface area contributed by atoms with Crippen molar-refractivity contribution in [1.82, 2.24) is 9.78 Å². The first-order chi connectivity index (χ1) is 9.91. The van der Waals surface area contributed by atoms with Crippen molar-refractivity contribution in [2.45, 2.75) is 19.4 Å². The van der Waals surface area contributed by atoms with Crippen LogP contribution in [0.3, 0.4) is 0 Å². The molecule has 0 bridgehead atoms. The van der Waals surface area contributed by atoms with E-state index in [0.717, 1.165) is 0 Å². The fourth-order valence-electron chi connectivity index (χ4n) is 1.56. The van der Waals surface area contributed by atoms with Gasteiger partial charge in [0.15, 0.2) is 11.4 Å². The third-order valence-corrected chi connectivity index (χ3v) is 3.12. The van der Waals surface area contributed by atoms with Gasteiger partial charge in [-0.15, -0.1) is 0 Å². The molecule has 0 aliphatic rings. The van der Waals surface area contributed by atoms with Crippen LogP contribution in [0, 0.1) is 0 Å². The molecule has 1 aromatic carbocycles. The van der Waals surface area contributed by atoms with Crippen LogP contribution < -0.4 is 5.73 Å². The van der Waals surface area contributed by atoms with Crippen LogP contribution in [0.1, 0.15) is 19.4 Å². The van der Waals surface area contributed by atoms with E-state index in [4.69, 9.17) is 22.2 Å². The Bertz CT molecular complexity index is 665. The zero-order chi connectivity index (χ0) is 15.5. The van der Waals surface area contributed by atoms with Crippen LogP contribution in [0.5, 0.6) is 0 Å². The molecule has 0 atom stereocenters. The second kappa shape index (κ2) is 5.97. The highest BCUT2D eigenvalue weighted by molar-refractivity contribution is 6.30. The van der Waals surface area contributed by atoms with E-state index in [1.165, 1.54) is 17.1 Å².